The van der Waals surface area contributed by atoms with E-state index in [0.717, 1.165) is 0 Å². The van der Waals surface area contributed by atoms with E-state index < -0.39 is 9.84 Å². The van der Waals surface area contributed by atoms with Crippen molar-refractivity contribution in [3.05, 3.63) is 34.4 Å². The fourth-order valence-electron chi connectivity index (χ4n) is 2.51. The lowest BCUT2D eigenvalue weighted by atomic mass is 10.2. The molecule has 3 rings (SSSR count). The van der Waals surface area contributed by atoms with Gasteiger partial charge in [-0.15, -0.1) is 5.10 Å². The number of rotatable bonds is 4. The number of sulfone groups is 1. The van der Waals surface area contributed by atoms with Gasteiger partial charge in [-0.05, 0) is 18.6 Å². The Balaban J connectivity index is 1.80. The van der Waals surface area contributed by atoms with E-state index in [-0.39, 0.29) is 23.5 Å². The molecule has 1 N–H and O–H groups in total. The maximum atomic E-state index is 11.6. The second-order valence-corrected chi connectivity index (χ2v) is 8.55. The van der Waals surface area contributed by atoms with E-state index in [4.69, 9.17) is 23.2 Å². The minimum absolute atomic E-state index is 0.116. The smallest absolute Gasteiger partial charge is 0.249 e. The molecule has 0 radical (unpaired) electrons. The summed E-state index contributed by atoms with van der Waals surface area (Å²) in [7, 11) is -1.17. The van der Waals surface area contributed by atoms with Gasteiger partial charge in [0.05, 0.1) is 33.4 Å². The van der Waals surface area contributed by atoms with Crippen LogP contribution in [0.15, 0.2) is 24.4 Å². The largest absolute Gasteiger partial charge is 0.354 e. The van der Waals surface area contributed by atoms with E-state index >= 15 is 0 Å². The van der Waals surface area contributed by atoms with Gasteiger partial charge in [0.1, 0.15) is 0 Å². The number of nitrogens with zero attached hydrogens (tertiary/aromatic N) is 4. The van der Waals surface area contributed by atoms with Gasteiger partial charge in [-0.2, -0.15) is 10.1 Å². The summed E-state index contributed by atoms with van der Waals surface area (Å²) in [5.41, 5.74) is 0.564. The number of hydrogen-bond acceptors (Lipinski definition) is 7. The van der Waals surface area contributed by atoms with Crippen molar-refractivity contribution in [1.82, 2.24) is 15.2 Å². The van der Waals surface area contributed by atoms with Crippen LogP contribution in [0.4, 0.5) is 17.5 Å². The molecule has 10 heteroatoms. The van der Waals surface area contributed by atoms with Crippen LogP contribution in [0.2, 0.25) is 10.0 Å². The van der Waals surface area contributed by atoms with Crippen LogP contribution in [0.5, 0.6) is 0 Å². The Morgan fingerprint density at radius 2 is 2.12 bits per heavy atom. The molecule has 0 bridgehead atoms. The Morgan fingerprint density at radius 3 is 2.83 bits per heavy atom. The molecule has 2 aromatic rings. The minimum Gasteiger partial charge on any atom is -0.354 e. The average Bonchev–Trinajstić information content (AvgIpc) is 2.91. The summed E-state index contributed by atoms with van der Waals surface area (Å²) in [5, 5.41) is 11.6. The van der Waals surface area contributed by atoms with Crippen LogP contribution in [-0.4, -0.2) is 48.2 Å². The second kappa shape index (κ2) is 6.70. The van der Waals surface area contributed by atoms with E-state index in [2.05, 4.69) is 20.5 Å². The van der Waals surface area contributed by atoms with Crippen LogP contribution in [0.25, 0.3) is 0 Å². The van der Waals surface area contributed by atoms with Crippen LogP contribution in [0, 0.1) is 0 Å². The number of benzene rings is 1. The molecule has 1 saturated heterocycles. The first-order chi connectivity index (χ1) is 11.4. The first kappa shape index (κ1) is 17.2. The third-order valence-corrected chi connectivity index (χ3v) is 6.43. The van der Waals surface area contributed by atoms with Gasteiger partial charge >= 0.3 is 0 Å². The van der Waals surface area contributed by atoms with Gasteiger partial charge in [-0.25, -0.2) is 8.42 Å². The molecule has 24 heavy (non-hydrogen) atoms. The zero-order valence-electron chi connectivity index (χ0n) is 12.8. The molecule has 0 aliphatic carbocycles. The summed E-state index contributed by atoms with van der Waals surface area (Å²) in [6.07, 6.45) is 2.07. The Bertz CT molecular complexity index is 862. The third kappa shape index (κ3) is 3.71. The van der Waals surface area contributed by atoms with Crippen LogP contribution in [-0.2, 0) is 9.84 Å². The number of anilines is 3. The number of halogens is 2. The molecule has 1 aliphatic heterocycles. The van der Waals surface area contributed by atoms with Crippen molar-refractivity contribution >= 4 is 50.5 Å². The molecular weight excluding hydrogens is 373 g/mol. The first-order valence-corrected chi connectivity index (χ1v) is 9.77. The molecule has 1 aromatic heterocycles. The Labute approximate surface area is 149 Å². The molecule has 0 spiro atoms. The fraction of sp³-hybridized carbons (Fsp3) is 0.357. The highest BCUT2D eigenvalue weighted by atomic mass is 35.5. The molecule has 1 aromatic carbocycles. The normalized spacial score (nSPS) is 19.2. The fourth-order valence-corrected chi connectivity index (χ4v) is 4.63. The van der Waals surface area contributed by atoms with Crippen molar-refractivity contribution in [2.75, 3.05) is 28.8 Å². The van der Waals surface area contributed by atoms with Gasteiger partial charge in [-0.3, -0.25) is 0 Å². The van der Waals surface area contributed by atoms with Crippen molar-refractivity contribution in [3.8, 4) is 0 Å². The van der Waals surface area contributed by atoms with Crippen LogP contribution >= 0.6 is 23.2 Å². The molecule has 1 atom stereocenters. The zero-order chi connectivity index (χ0) is 17.3. The third-order valence-electron chi connectivity index (χ3n) is 3.86. The Kier molecular flexibility index (Phi) is 4.80. The van der Waals surface area contributed by atoms with Gasteiger partial charge in [0.25, 0.3) is 0 Å². The number of nitrogens with one attached hydrogen (secondary N) is 1. The molecule has 128 valence electrons. The zero-order valence-corrected chi connectivity index (χ0v) is 15.1. The molecule has 1 aliphatic rings. The summed E-state index contributed by atoms with van der Waals surface area (Å²) in [6.45, 7) is 0. The summed E-state index contributed by atoms with van der Waals surface area (Å²) in [5.74, 6) is 1.11. The summed E-state index contributed by atoms with van der Waals surface area (Å²) >= 11 is 12.1. The highest BCUT2D eigenvalue weighted by Crippen LogP contribution is 2.31. The van der Waals surface area contributed by atoms with Crippen LogP contribution < -0.4 is 10.2 Å². The van der Waals surface area contributed by atoms with E-state index in [1.165, 1.54) is 6.20 Å². The van der Waals surface area contributed by atoms with Crippen LogP contribution in [0.3, 0.4) is 0 Å². The first-order valence-electron chi connectivity index (χ1n) is 7.20. The number of hydrogen-bond donors (Lipinski definition) is 1. The standard InChI is InChI=1S/C14H15Cl2N5O2S/c1-21(9-5-6-24(22,23)8-9)12-7-17-20-14(19-12)18-11-4-2-3-10(15)13(11)16/h2-4,7,9H,5-6,8H2,1H3,(H,18,19,20). The van der Waals surface area contributed by atoms with Crippen molar-refractivity contribution in [3.63, 3.8) is 0 Å². The van der Waals surface area contributed by atoms with Gasteiger partial charge in [0.15, 0.2) is 15.7 Å². The van der Waals surface area contributed by atoms with E-state index in [9.17, 15) is 8.42 Å². The monoisotopic (exact) mass is 387 g/mol. The van der Waals surface area contributed by atoms with Crippen LogP contribution in [0.1, 0.15) is 6.42 Å². The lowest BCUT2D eigenvalue weighted by molar-refractivity contribution is 0.600. The van der Waals surface area contributed by atoms with E-state index in [0.29, 0.717) is 28.0 Å². The minimum atomic E-state index is -2.97. The van der Waals surface area contributed by atoms with Gasteiger partial charge < -0.3 is 10.2 Å². The molecular formula is C14H15Cl2N5O2S. The quantitative estimate of drug-likeness (QED) is 0.861. The number of aromatic nitrogens is 3. The van der Waals surface area contributed by atoms with Crippen molar-refractivity contribution < 1.29 is 8.42 Å². The molecule has 0 saturated carbocycles. The van der Waals surface area contributed by atoms with Gasteiger partial charge in [-0.1, -0.05) is 29.3 Å². The Hall–Kier alpha value is -1.64. The topological polar surface area (TPSA) is 88.1 Å². The lowest BCUT2D eigenvalue weighted by Gasteiger charge is -2.24. The maximum absolute atomic E-state index is 11.6. The van der Waals surface area contributed by atoms with Crippen molar-refractivity contribution in [1.29, 1.82) is 0 Å². The summed E-state index contributed by atoms with van der Waals surface area (Å²) in [6, 6.07) is 5.06. The second-order valence-electron chi connectivity index (χ2n) is 5.53. The average molecular weight is 388 g/mol. The summed E-state index contributed by atoms with van der Waals surface area (Å²) < 4.78 is 23.3. The van der Waals surface area contributed by atoms with E-state index in [1.54, 1.807) is 25.2 Å². The molecule has 1 fully saturated rings. The predicted octanol–water partition coefficient (Wildman–Crippen LogP) is 2.55. The lowest BCUT2D eigenvalue weighted by Crippen LogP contribution is -2.33. The SMILES string of the molecule is CN(c1cnnc(Nc2cccc(Cl)c2Cl)n1)C1CCS(=O)(=O)C1. The highest BCUT2D eigenvalue weighted by Gasteiger charge is 2.31. The van der Waals surface area contributed by atoms with E-state index in [1.807, 2.05) is 4.90 Å². The van der Waals surface area contributed by atoms with Gasteiger partial charge in [0, 0.05) is 13.1 Å². The molecule has 2 heterocycles. The molecule has 1 unspecified atom stereocenters. The molecule has 7 nitrogen and oxygen atoms in total. The predicted molar refractivity (Wildman–Crippen MR) is 95.0 cm³/mol. The maximum Gasteiger partial charge on any atom is 0.249 e. The summed E-state index contributed by atoms with van der Waals surface area (Å²) in [4.78, 5) is 6.19. The van der Waals surface area contributed by atoms with Crippen molar-refractivity contribution in [2.24, 2.45) is 0 Å². The van der Waals surface area contributed by atoms with Crippen molar-refractivity contribution in [2.45, 2.75) is 12.5 Å². The van der Waals surface area contributed by atoms with Gasteiger partial charge in [0.2, 0.25) is 5.95 Å². The highest BCUT2D eigenvalue weighted by molar-refractivity contribution is 7.91. The Morgan fingerprint density at radius 1 is 1.33 bits per heavy atom. The molecule has 0 amide bonds.